The van der Waals surface area contributed by atoms with Gasteiger partial charge < -0.3 is 9.64 Å². The summed E-state index contributed by atoms with van der Waals surface area (Å²) in [7, 11) is 0. The van der Waals surface area contributed by atoms with Gasteiger partial charge in [0.05, 0.1) is 6.04 Å². The summed E-state index contributed by atoms with van der Waals surface area (Å²) in [6.07, 6.45) is 2.20. The number of hydrogen-bond donors (Lipinski definition) is 0. The Labute approximate surface area is 142 Å². The predicted molar refractivity (Wildman–Crippen MR) is 88.9 cm³/mol. The van der Waals surface area contributed by atoms with Crippen LogP contribution in [-0.2, 0) is 9.53 Å². The molecule has 3 atom stereocenters. The smallest absolute Gasteiger partial charge is 0.219 e. The number of benzene rings is 1. The minimum Gasteiger partial charge on any atom is -0.381 e. The number of carbonyl (C=O) groups is 1. The van der Waals surface area contributed by atoms with Crippen molar-refractivity contribution in [2.75, 3.05) is 32.8 Å². The van der Waals surface area contributed by atoms with E-state index in [1.54, 1.807) is 19.1 Å². The first-order chi connectivity index (χ1) is 11.6. The molecule has 1 amide bonds. The van der Waals surface area contributed by atoms with Crippen LogP contribution in [0.4, 0.5) is 4.39 Å². The van der Waals surface area contributed by atoms with Gasteiger partial charge in [0, 0.05) is 51.7 Å². The largest absolute Gasteiger partial charge is 0.381 e. The van der Waals surface area contributed by atoms with E-state index in [4.69, 9.17) is 4.74 Å². The highest BCUT2D eigenvalue weighted by atomic mass is 19.1. The van der Waals surface area contributed by atoms with Gasteiger partial charge in [0.1, 0.15) is 5.82 Å². The summed E-state index contributed by atoms with van der Waals surface area (Å²) in [5.74, 6) is 0.763. The molecule has 0 saturated carbocycles. The molecule has 3 heterocycles. The van der Waals surface area contributed by atoms with Gasteiger partial charge in [0.25, 0.3) is 0 Å². The third-order valence-corrected chi connectivity index (χ3v) is 5.99. The first kappa shape index (κ1) is 16.0. The lowest BCUT2D eigenvalue weighted by atomic mass is 9.89. The van der Waals surface area contributed by atoms with Crippen LogP contribution in [0.25, 0.3) is 0 Å². The molecule has 4 nitrogen and oxygen atoms in total. The van der Waals surface area contributed by atoms with Crippen molar-refractivity contribution in [2.45, 2.75) is 31.8 Å². The molecule has 0 N–H and O–H groups in total. The van der Waals surface area contributed by atoms with E-state index in [-0.39, 0.29) is 17.8 Å². The van der Waals surface area contributed by atoms with Gasteiger partial charge in [-0.2, -0.15) is 0 Å². The van der Waals surface area contributed by atoms with E-state index in [0.717, 1.165) is 51.3 Å². The summed E-state index contributed by atoms with van der Waals surface area (Å²) in [4.78, 5) is 16.7. The Balaban J connectivity index is 1.57. The highest BCUT2D eigenvalue weighted by molar-refractivity contribution is 5.74. The lowest BCUT2D eigenvalue weighted by molar-refractivity contribution is -0.130. The third kappa shape index (κ3) is 2.84. The van der Waals surface area contributed by atoms with Gasteiger partial charge in [0.2, 0.25) is 5.91 Å². The standard InChI is InChI=1S/C19H25FN2O2/c1-13(23)22-11-15-10-21(17-5-7-24-8-6-17)12-18(15)19(22)14-3-2-4-16(20)9-14/h2-4,9,15,17-19H,5-8,10-12H2,1H3/t15-,18-,19+/m1/s1. The van der Waals surface area contributed by atoms with Crippen molar-refractivity contribution in [2.24, 2.45) is 11.8 Å². The summed E-state index contributed by atoms with van der Waals surface area (Å²) in [5.41, 5.74) is 0.937. The number of carbonyl (C=O) groups excluding carboxylic acids is 1. The van der Waals surface area contributed by atoms with E-state index in [0.29, 0.717) is 17.9 Å². The van der Waals surface area contributed by atoms with Gasteiger partial charge in [0.15, 0.2) is 0 Å². The van der Waals surface area contributed by atoms with Crippen LogP contribution in [0.1, 0.15) is 31.4 Å². The van der Waals surface area contributed by atoms with E-state index >= 15 is 0 Å². The van der Waals surface area contributed by atoms with E-state index in [1.807, 2.05) is 11.0 Å². The number of nitrogens with zero attached hydrogens (tertiary/aromatic N) is 2. The molecule has 24 heavy (non-hydrogen) atoms. The maximum atomic E-state index is 13.7. The van der Waals surface area contributed by atoms with Crippen molar-refractivity contribution in [1.82, 2.24) is 9.80 Å². The van der Waals surface area contributed by atoms with E-state index in [1.165, 1.54) is 6.07 Å². The lowest BCUT2D eigenvalue weighted by Gasteiger charge is -2.34. The van der Waals surface area contributed by atoms with Gasteiger partial charge in [-0.3, -0.25) is 9.69 Å². The van der Waals surface area contributed by atoms with Crippen LogP contribution in [-0.4, -0.2) is 54.6 Å². The molecule has 4 rings (SSSR count). The zero-order chi connectivity index (χ0) is 16.7. The van der Waals surface area contributed by atoms with E-state index < -0.39 is 0 Å². The molecule has 3 fully saturated rings. The summed E-state index contributed by atoms with van der Waals surface area (Å²) in [5, 5.41) is 0. The van der Waals surface area contributed by atoms with E-state index in [9.17, 15) is 9.18 Å². The molecule has 5 heteroatoms. The highest BCUT2D eigenvalue weighted by Gasteiger charge is 2.49. The van der Waals surface area contributed by atoms with Crippen molar-refractivity contribution < 1.29 is 13.9 Å². The number of amides is 1. The molecule has 0 aromatic heterocycles. The molecule has 130 valence electrons. The van der Waals surface area contributed by atoms with Crippen molar-refractivity contribution in [3.05, 3.63) is 35.6 Å². The molecule has 1 aromatic rings. The Hall–Kier alpha value is -1.46. The Morgan fingerprint density at radius 2 is 2.00 bits per heavy atom. The minimum absolute atomic E-state index is 0.00744. The van der Waals surface area contributed by atoms with Gasteiger partial charge >= 0.3 is 0 Å². The Bertz CT molecular complexity index is 617. The first-order valence-corrected chi connectivity index (χ1v) is 8.98. The first-order valence-electron chi connectivity index (χ1n) is 8.98. The molecular formula is C19H25FN2O2. The normalized spacial score (nSPS) is 31.4. The maximum absolute atomic E-state index is 13.7. The zero-order valence-electron chi connectivity index (χ0n) is 14.2. The van der Waals surface area contributed by atoms with Crippen LogP contribution in [0.5, 0.6) is 0 Å². The molecule has 0 unspecified atom stereocenters. The number of ether oxygens (including phenoxy) is 1. The highest BCUT2D eigenvalue weighted by Crippen LogP contribution is 2.46. The molecule has 0 aliphatic carbocycles. The van der Waals surface area contributed by atoms with Crippen molar-refractivity contribution in [3.63, 3.8) is 0 Å². The predicted octanol–water partition coefficient (Wildman–Crippen LogP) is 2.46. The summed E-state index contributed by atoms with van der Waals surface area (Å²) < 4.78 is 19.2. The fourth-order valence-electron chi connectivity index (χ4n) is 4.87. The second kappa shape index (κ2) is 6.45. The van der Waals surface area contributed by atoms with Crippen LogP contribution < -0.4 is 0 Å². The van der Waals surface area contributed by atoms with Crippen LogP contribution >= 0.6 is 0 Å². The summed E-state index contributed by atoms with van der Waals surface area (Å²) in [6, 6.07) is 7.39. The van der Waals surface area contributed by atoms with Gasteiger partial charge in [-0.1, -0.05) is 12.1 Å². The number of hydrogen-bond acceptors (Lipinski definition) is 3. The molecule has 3 aliphatic rings. The van der Waals surface area contributed by atoms with Crippen LogP contribution in [0, 0.1) is 17.7 Å². The molecule has 1 aromatic carbocycles. The summed E-state index contributed by atoms with van der Waals surface area (Å²) in [6.45, 7) is 6.17. The number of likely N-dealkylation sites (tertiary alicyclic amines) is 2. The number of fused-ring (bicyclic) bond motifs is 1. The van der Waals surface area contributed by atoms with E-state index in [2.05, 4.69) is 4.90 Å². The molecule has 0 bridgehead atoms. The zero-order valence-corrected chi connectivity index (χ0v) is 14.2. The Morgan fingerprint density at radius 1 is 1.21 bits per heavy atom. The molecule has 3 saturated heterocycles. The third-order valence-electron chi connectivity index (χ3n) is 5.99. The monoisotopic (exact) mass is 332 g/mol. The van der Waals surface area contributed by atoms with Crippen LogP contribution in [0.15, 0.2) is 24.3 Å². The SMILES string of the molecule is CC(=O)N1C[C@H]2CN(C3CCOCC3)C[C@H]2[C@@H]1c1cccc(F)c1. The molecule has 0 spiro atoms. The summed E-state index contributed by atoms with van der Waals surface area (Å²) >= 11 is 0. The van der Waals surface area contributed by atoms with Crippen molar-refractivity contribution >= 4 is 5.91 Å². The number of rotatable bonds is 2. The molecule has 0 radical (unpaired) electrons. The van der Waals surface area contributed by atoms with Crippen molar-refractivity contribution in [3.8, 4) is 0 Å². The second-order valence-electron chi connectivity index (χ2n) is 7.39. The fourth-order valence-corrected chi connectivity index (χ4v) is 4.87. The number of halogens is 1. The fraction of sp³-hybridized carbons (Fsp3) is 0.632. The average Bonchev–Trinajstić information content (AvgIpc) is 3.13. The lowest BCUT2D eigenvalue weighted by Crippen LogP contribution is -2.41. The second-order valence-corrected chi connectivity index (χ2v) is 7.39. The Morgan fingerprint density at radius 3 is 2.71 bits per heavy atom. The van der Waals surface area contributed by atoms with Crippen LogP contribution in [0.2, 0.25) is 0 Å². The van der Waals surface area contributed by atoms with Gasteiger partial charge in [-0.05, 0) is 36.5 Å². The maximum Gasteiger partial charge on any atom is 0.219 e. The topological polar surface area (TPSA) is 32.8 Å². The molecular weight excluding hydrogens is 307 g/mol. The van der Waals surface area contributed by atoms with Crippen LogP contribution in [0.3, 0.4) is 0 Å². The minimum atomic E-state index is -0.223. The van der Waals surface area contributed by atoms with Gasteiger partial charge in [-0.15, -0.1) is 0 Å². The quantitative estimate of drug-likeness (QED) is 0.834. The van der Waals surface area contributed by atoms with Gasteiger partial charge in [-0.25, -0.2) is 4.39 Å². The molecule has 3 aliphatic heterocycles. The van der Waals surface area contributed by atoms with Crippen molar-refractivity contribution in [1.29, 1.82) is 0 Å². The Kier molecular flexibility index (Phi) is 4.31. The average molecular weight is 332 g/mol.